The van der Waals surface area contributed by atoms with E-state index >= 15 is 0 Å². The van der Waals surface area contributed by atoms with Crippen LogP contribution in [0.4, 0.5) is 8.78 Å². The van der Waals surface area contributed by atoms with Crippen molar-refractivity contribution in [3.8, 4) is 5.75 Å². The Kier molecular flexibility index (Phi) is 8.83. The number of nitrogens with zero attached hydrogens (tertiary/aromatic N) is 2. The van der Waals surface area contributed by atoms with Crippen LogP contribution in [0.3, 0.4) is 0 Å². The number of carbonyl (C=O) groups excluding carboxylic acids is 1. The van der Waals surface area contributed by atoms with E-state index in [1.165, 1.54) is 10.7 Å². The molecule has 34 heavy (non-hydrogen) atoms. The highest BCUT2D eigenvalue weighted by atomic mass is 79.9. The smallest absolute Gasteiger partial charge is 0.255 e. The maximum absolute atomic E-state index is 14.8. The molecule has 10 heteroatoms. The molecule has 0 fully saturated rings. The zero-order chi connectivity index (χ0) is 24.9. The van der Waals surface area contributed by atoms with Crippen molar-refractivity contribution in [1.29, 1.82) is 0 Å². The van der Waals surface area contributed by atoms with Crippen LogP contribution in [0.5, 0.6) is 5.75 Å². The molecule has 1 aromatic heterocycles. The Morgan fingerprint density at radius 3 is 2.65 bits per heavy atom. The molecule has 0 unspecified atom stereocenters. The number of aromatic hydroxyl groups is 1. The fourth-order valence-electron chi connectivity index (χ4n) is 3.50. The summed E-state index contributed by atoms with van der Waals surface area (Å²) >= 11 is 3.09. The van der Waals surface area contributed by atoms with Gasteiger partial charge < -0.3 is 15.2 Å². The Bertz CT molecular complexity index is 1160. The number of benzene rings is 2. The lowest BCUT2D eigenvalue weighted by Crippen LogP contribution is -2.24. The van der Waals surface area contributed by atoms with Crippen LogP contribution in [0.15, 0.2) is 34.8 Å². The highest BCUT2D eigenvalue weighted by Crippen LogP contribution is 2.30. The molecule has 0 spiro atoms. The van der Waals surface area contributed by atoms with Crippen molar-refractivity contribution < 1.29 is 23.4 Å². The van der Waals surface area contributed by atoms with Gasteiger partial charge in [-0.1, -0.05) is 31.8 Å². The van der Waals surface area contributed by atoms with Crippen molar-refractivity contribution in [2.24, 2.45) is 0 Å². The van der Waals surface area contributed by atoms with Gasteiger partial charge in [-0.3, -0.25) is 4.79 Å². The molecule has 1 amide bonds. The highest BCUT2D eigenvalue weighted by Gasteiger charge is 2.21. The van der Waals surface area contributed by atoms with Crippen LogP contribution in [0.1, 0.15) is 28.9 Å². The number of aromatic nitrogens is 2. The van der Waals surface area contributed by atoms with Crippen molar-refractivity contribution in [1.82, 2.24) is 15.1 Å². The molecular formula is C24H30BrF2N3O3Si. The number of fused-ring (bicyclic) bond motifs is 1. The second-order valence-electron chi connectivity index (χ2n) is 9.41. The number of para-hydroxylation sites is 1. The van der Waals surface area contributed by atoms with Crippen LogP contribution >= 0.6 is 15.9 Å². The monoisotopic (exact) mass is 553 g/mol. The number of hydrogen-bond donors (Lipinski definition) is 2. The first kappa shape index (κ1) is 26.3. The van der Waals surface area contributed by atoms with E-state index in [0.717, 1.165) is 6.04 Å². The van der Waals surface area contributed by atoms with Gasteiger partial charge in [0.15, 0.2) is 11.6 Å². The molecule has 2 N–H and O–H groups in total. The van der Waals surface area contributed by atoms with Gasteiger partial charge in [0.2, 0.25) is 0 Å². The molecular weight excluding hydrogens is 524 g/mol. The predicted molar refractivity (Wildman–Crippen MR) is 135 cm³/mol. The number of nitrogens with one attached hydrogen (secondary N) is 1. The number of unbranched alkanes of at least 4 members (excludes halogenated alkanes) is 1. The molecule has 2 aromatic carbocycles. The number of hydrogen-bond acceptors (Lipinski definition) is 4. The van der Waals surface area contributed by atoms with Gasteiger partial charge in [0.25, 0.3) is 5.91 Å². The Morgan fingerprint density at radius 2 is 1.94 bits per heavy atom. The second kappa shape index (κ2) is 11.4. The van der Waals surface area contributed by atoms with Crippen molar-refractivity contribution in [2.75, 3.05) is 13.2 Å². The predicted octanol–water partition coefficient (Wildman–Crippen LogP) is 5.85. The lowest BCUT2D eigenvalue weighted by Gasteiger charge is -2.15. The van der Waals surface area contributed by atoms with Crippen LogP contribution in [-0.2, 0) is 17.9 Å². The lowest BCUT2D eigenvalue weighted by atomic mass is 10.1. The quantitative estimate of drug-likeness (QED) is 0.177. The number of amides is 1. The van der Waals surface area contributed by atoms with Gasteiger partial charge in [0.1, 0.15) is 18.0 Å². The zero-order valence-electron chi connectivity index (χ0n) is 19.6. The second-order valence-corrected chi connectivity index (χ2v) is 15.9. The van der Waals surface area contributed by atoms with Crippen LogP contribution in [0.25, 0.3) is 10.9 Å². The molecule has 0 bridgehead atoms. The molecule has 0 aliphatic carbocycles. The van der Waals surface area contributed by atoms with Crippen LogP contribution < -0.4 is 5.32 Å². The summed E-state index contributed by atoms with van der Waals surface area (Å²) in [5, 5.41) is 17.6. The van der Waals surface area contributed by atoms with E-state index in [-0.39, 0.29) is 33.9 Å². The average molecular weight is 555 g/mol. The highest BCUT2D eigenvalue weighted by molar-refractivity contribution is 9.10. The minimum absolute atomic E-state index is 0.0490. The Labute approximate surface area is 207 Å². The summed E-state index contributed by atoms with van der Waals surface area (Å²) < 4.78 is 36.2. The Morgan fingerprint density at radius 1 is 1.21 bits per heavy atom. The van der Waals surface area contributed by atoms with Crippen LogP contribution in [0, 0.1) is 11.6 Å². The van der Waals surface area contributed by atoms with E-state index < -0.39 is 19.7 Å². The fourth-order valence-corrected chi connectivity index (χ4v) is 4.65. The molecule has 0 radical (unpaired) electrons. The van der Waals surface area contributed by atoms with Crippen molar-refractivity contribution in [3.63, 3.8) is 0 Å². The number of ether oxygens (including phenoxy) is 1. The summed E-state index contributed by atoms with van der Waals surface area (Å²) in [5.74, 6) is -2.31. The van der Waals surface area contributed by atoms with E-state index in [0.29, 0.717) is 43.5 Å². The molecule has 0 saturated carbocycles. The molecule has 1 heterocycles. The van der Waals surface area contributed by atoms with Gasteiger partial charge in [0, 0.05) is 26.6 Å². The first-order valence-corrected chi connectivity index (χ1v) is 15.8. The van der Waals surface area contributed by atoms with E-state index in [4.69, 9.17) is 4.74 Å². The number of rotatable bonds is 11. The largest absolute Gasteiger partial charge is 0.507 e. The topological polar surface area (TPSA) is 76.4 Å². The molecule has 6 nitrogen and oxygen atoms in total. The minimum Gasteiger partial charge on any atom is -0.507 e. The summed E-state index contributed by atoms with van der Waals surface area (Å²) in [5.41, 5.74) is 0.968. The number of phenolic OH excluding ortho intramolecular Hbond substituents is 1. The van der Waals surface area contributed by atoms with Gasteiger partial charge in [0.05, 0.1) is 15.7 Å². The summed E-state index contributed by atoms with van der Waals surface area (Å²) in [7, 11) is -1.27. The van der Waals surface area contributed by atoms with Crippen molar-refractivity contribution in [3.05, 3.63) is 57.7 Å². The third-order valence-corrected chi connectivity index (χ3v) is 7.71. The number of halogens is 3. The Balaban J connectivity index is 1.63. The third kappa shape index (κ3) is 6.64. The molecule has 0 atom stereocenters. The van der Waals surface area contributed by atoms with Gasteiger partial charge in [-0.25, -0.2) is 13.5 Å². The first-order chi connectivity index (χ1) is 16.1. The average Bonchev–Trinajstić information content (AvgIpc) is 3.11. The van der Waals surface area contributed by atoms with Crippen molar-refractivity contribution >= 4 is 40.8 Å². The molecule has 0 aliphatic rings. The fraction of sp³-hybridized carbons (Fsp3) is 0.417. The lowest BCUT2D eigenvalue weighted by molar-refractivity contribution is 0.0809. The van der Waals surface area contributed by atoms with E-state index in [1.54, 1.807) is 24.3 Å². The van der Waals surface area contributed by atoms with Gasteiger partial charge in [-0.2, -0.15) is 5.10 Å². The number of aryl methyl sites for hydroxylation is 1. The van der Waals surface area contributed by atoms with Crippen LogP contribution in [-0.4, -0.2) is 42.0 Å². The maximum Gasteiger partial charge on any atom is 0.255 e. The normalized spacial score (nSPS) is 11.8. The van der Waals surface area contributed by atoms with Gasteiger partial charge >= 0.3 is 0 Å². The van der Waals surface area contributed by atoms with Gasteiger partial charge in [-0.15, -0.1) is 0 Å². The van der Waals surface area contributed by atoms with Crippen molar-refractivity contribution in [2.45, 2.75) is 51.7 Å². The maximum atomic E-state index is 14.8. The third-order valence-electron chi connectivity index (χ3n) is 5.43. The summed E-state index contributed by atoms with van der Waals surface area (Å²) in [4.78, 5) is 12.2. The van der Waals surface area contributed by atoms with E-state index in [2.05, 4.69) is 46.0 Å². The standard InChI is InChI=1S/C24H30BrF2N3O3Si/c1-34(2,3)13-12-33-15-30-23-17(14-18(25)21(26)22(23)27)19(29-30)9-6-7-11-28-24(32)16-8-4-5-10-20(16)31/h4-5,8,10,14,31H,6-7,9,11-13,15H2,1-3H3,(H,28,32). The number of carbonyl (C=O) groups is 1. The molecule has 0 saturated heterocycles. The SMILES string of the molecule is C[Si](C)(C)CCOCn1nc(CCCCNC(=O)c2ccccc2O)c2cc(Br)c(F)c(F)c21. The molecule has 0 aliphatic heterocycles. The Hall–Kier alpha value is -2.30. The zero-order valence-corrected chi connectivity index (χ0v) is 22.2. The van der Waals surface area contributed by atoms with E-state index in [9.17, 15) is 18.7 Å². The van der Waals surface area contributed by atoms with Crippen LogP contribution in [0.2, 0.25) is 25.7 Å². The summed E-state index contributed by atoms with van der Waals surface area (Å²) in [6, 6.07) is 8.87. The molecule has 3 rings (SSSR count). The number of phenols is 1. The summed E-state index contributed by atoms with van der Waals surface area (Å²) in [6.45, 7) is 7.75. The van der Waals surface area contributed by atoms with E-state index in [1.807, 2.05) is 0 Å². The van der Waals surface area contributed by atoms with Gasteiger partial charge in [-0.05, 0) is 59.4 Å². The minimum atomic E-state index is -1.27. The molecule has 3 aromatic rings. The molecule has 184 valence electrons. The first-order valence-electron chi connectivity index (χ1n) is 11.3. The summed E-state index contributed by atoms with van der Waals surface area (Å²) in [6.07, 6.45) is 1.87.